The van der Waals surface area contributed by atoms with Crippen LogP contribution in [0.4, 0.5) is 0 Å². The second-order valence-electron chi connectivity index (χ2n) is 6.94. The van der Waals surface area contributed by atoms with Crippen LogP contribution in [-0.2, 0) is 11.2 Å². The van der Waals surface area contributed by atoms with E-state index in [0.717, 1.165) is 17.0 Å². The lowest BCUT2D eigenvalue weighted by molar-refractivity contribution is -0.121. The van der Waals surface area contributed by atoms with Gasteiger partial charge in [0.2, 0.25) is 0 Å². The van der Waals surface area contributed by atoms with Crippen molar-refractivity contribution in [1.82, 2.24) is 4.98 Å². The Labute approximate surface area is 137 Å². The number of nitrogens with zero attached hydrogens (tertiary/aromatic N) is 2. The van der Waals surface area contributed by atoms with Crippen molar-refractivity contribution in [3.63, 3.8) is 0 Å². The van der Waals surface area contributed by atoms with Gasteiger partial charge in [0.15, 0.2) is 11.7 Å². The summed E-state index contributed by atoms with van der Waals surface area (Å²) in [6, 6.07) is 2.19. The zero-order chi connectivity index (χ0) is 16.7. The summed E-state index contributed by atoms with van der Waals surface area (Å²) in [5.41, 5.74) is 2.17. The highest BCUT2D eigenvalue weighted by Gasteiger charge is 2.61. The van der Waals surface area contributed by atoms with Gasteiger partial charge >= 0.3 is 0 Å². The van der Waals surface area contributed by atoms with Gasteiger partial charge in [0.25, 0.3) is 0 Å². The fourth-order valence-corrected chi connectivity index (χ4v) is 4.28. The first-order valence-electron chi connectivity index (χ1n) is 7.78. The number of allylic oxidation sites excluding steroid dienone is 2. The lowest BCUT2D eigenvalue weighted by atomic mass is 9.98. The third kappa shape index (κ3) is 2.87. The van der Waals surface area contributed by atoms with E-state index in [-0.39, 0.29) is 23.0 Å². The summed E-state index contributed by atoms with van der Waals surface area (Å²) in [7, 11) is 0. The van der Waals surface area contributed by atoms with Crippen molar-refractivity contribution in [2.24, 2.45) is 17.3 Å². The summed E-state index contributed by atoms with van der Waals surface area (Å²) in [5.74, 6) is -0.510. The maximum Gasteiger partial charge on any atom is 0.161 e. The number of thiazole rings is 1. The molecule has 0 radical (unpaired) electrons. The molecule has 1 aromatic rings. The van der Waals surface area contributed by atoms with E-state index in [4.69, 9.17) is 0 Å². The summed E-state index contributed by atoms with van der Waals surface area (Å²) >= 11 is 1.49. The smallest absolute Gasteiger partial charge is 0.161 e. The standard InChI is InChI=1S/C18H24N2OS/c1-7-14-11(4)22-17(20-14)12(9-19)16(21)15-13(8-10(2)3)18(15,5)6/h8,12-13,15H,7H2,1-6H3/t12-,13-,15+/m1/s1. The largest absolute Gasteiger partial charge is 0.297 e. The number of aryl methyl sites for hydroxylation is 2. The van der Waals surface area contributed by atoms with E-state index in [1.807, 2.05) is 13.8 Å². The molecular formula is C18H24N2OS. The first kappa shape index (κ1) is 16.9. The van der Waals surface area contributed by atoms with E-state index in [9.17, 15) is 10.1 Å². The second kappa shape index (κ2) is 5.96. The third-order valence-corrected chi connectivity index (χ3v) is 5.71. The molecule has 22 heavy (non-hydrogen) atoms. The number of carbonyl (C=O) groups is 1. The highest BCUT2D eigenvalue weighted by molar-refractivity contribution is 7.11. The van der Waals surface area contributed by atoms with Gasteiger partial charge in [0.05, 0.1) is 11.8 Å². The molecule has 0 N–H and O–H groups in total. The second-order valence-corrected chi connectivity index (χ2v) is 8.18. The number of carbonyl (C=O) groups excluding carboxylic acids is 1. The summed E-state index contributed by atoms with van der Waals surface area (Å²) in [6.45, 7) is 12.4. The predicted molar refractivity (Wildman–Crippen MR) is 89.8 cm³/mol. The summed E-state index contributed by atoms with van der Waals surface area (Å²) in [4.78, 5) is 18.5. The molecule has 0 aromatic carbocycles. The Balaban J connectivity index is 2.27. The highest BCUT2D eigenvalue weighted by Crippen LogP contribution is 2.61. The van der Waals surface area contributed by atoms with Crippen LogP contribution in [0.25, 0.3) is 0 Å². The fraction of sp³-hybridized carbons (Fsp3) is 0.611. The topological polar surface area (TPSA) is 53.8 Å². The molecule has 1 saturated carbocycles. The van der Waals surface area contributed by atoms with Gasteiger partial charge < -0.3 is 0 Å². The molecule has 1 aliphatic carbocycles. The minimum atomic E-state index is -0.719. The summed E-state index contributed by atoms with van der Waals surface area (Å²) in [6.07, 6.45) is 3.01. The zero-order valence-corrected chi connectivity index (χ0v) is 15.0. The first-order chi connectivity index (χ1) is 10.2. The summed E-state index contributed by atoms with van der Waals surface area (Å²) < 4.78 is 0. The SMILES string of the molecule is CCc1nc([C@H](C#N)C(=O)[C@@H]2[C@@H](C=C(C)C)C2(C)C)sc1C. The van der Waals surface area contributed by atoms with Gasteiger partial charge in [0, 0.05) is 10.8 Å². The quantitative estimate of drug-likeness (QED) is 0.755. The van der Waals surface area contributed by atoms with Crippen LogP contribution in [0, 0.1) is 35.5 Å². The van der Waals surface area contributed by atoms with Crippen LogP contribution < -0.4 is 0 Å². The molecule has 0 spiro atoms. The van der Waals surface area contributed by atoms with Crippen LogP contribution in [-0.4, -0.2) is 10.8 Å². The number of hydrogen-bond acceptors (Lipinski definition) is 4. The Kier molecular flexibility index (Phi) is 4.58. The predicted octanol–water partition coefficient (Wildman–Crippen LogP) is 4.43. The minimum Gasteiger partial charge on any atom is -0.297 e. The molecule has 1 aliphatic rings. The number of aromatic nitrogens is 1. The molecule has 1 fully saturated rings. The maximum absolute atomic E-state index is 12.9. The van der Waals surface area contributed by atoms with Gasteiger partial charge in [-0.2, -0.15) is 5.26 Å². The minimum absolute atomic E-state index is 0.0337. The average molecular weight is 316 g/mol. The Bertz CT molecular complexity index is 659. The molecule has 0 unspecified atom stereocenters. The molecule has 0 aliphatic heterocycles. The Morgan fingerprint density at radius 3 is 2.59 bits per heavy atom. The van der Waals surface area contributed by atoms with Crippen molar-refractivity contribution in [3.05, 3.63) is 27.2 Å². The lowest BCUT2D eigenvalue weighted by Gasteiger charge is -2.06. The van der Waals surface area contributed by atoms with Crippen LogP contribution in [0.3, 0.4) is 0 Å². The van der Waals surface area contributed by atoms with Crippen molar-refractivity contribution >= 4 is 17.1 Å². The highest BCUT2D eigenvalue weighted by atomic mass is 32.1. The van der Waals surface area contributed by atoms with Gasteiger partial charge in [-0.3, -0.25) is 4.79 Å². The van der Waals surface area contributed by atoms with Crippen LogP contribution in [0.5, 0.6) is 0 Å². The number of hydrogen-bond donors (Lipinski definition) is 0. The normalized spacial score (nSPS) is 23.5. The molecule has 118 valence electrons. The summed E-state index contributed by atoms with van der Waals surface area (Å²) in [5, 5.41) is 10.2. The van der Waals surface area contributed by atoms with E-state index in [1.54, 1.807) is 0 Å². The molecule has 4 heteroatoms. The number of ketones is 1. The molecule has 0 bridgehead atoms. The van der Waals surface area contributed by atoms with Crippen molar-refractivity contribution in [2.45, 2.75) is 53.9 Å². The molecule has 1 aromatic heterocycles. The van der Waals surface area contributed by atoms with Gasteiger partial charge in [0.1, 0.15) is 5.01 Å². The van der Waals surface area contributed by atoms with E-state index < -0.39 is 5.92 Å². The number of nitriles is 1. The molecule has 2 rings (SSSR count). The van der Waals surface area contributed by atoms with Crippen molar-refractivity contribution in [1.29, 1.82) is 5.26 Å². The lowest BCUT2D eigenvalue weighted by Crippen LogP contribution is -2.15. The zero-order valence-electron chi connectivity index (χ0n) is 14.2. The van der Waals surface area contributed by atoms with Gasteiger partial charge in [-0.15, -0.1) is 11.3 Å². The Morgan fingerprint density at radius 1 is 1.50 bits per heavy atom. The van der Waals surface area contributed by atoms with Crippen LogP contribution in [0.1, 0.15) is 56.1 Å². The molecular weight excluding hydrogens is 292 g/mol. The van der Waals surface area contributed by atoms with Gasteiger partial charge in [-0.05, 0) is 38.5 Å². The Hall–Kier alpha value is -1.47. The maximum atomic E-state index is 12.9. The van der Waals surface area contributed by atoms with Crippen molar-refractivity contribution in [3.8, 4) is 6.07 Å². The molecule has 0 amide bonds. The number of Topliss-reactive ketones (excluding diaryl/α,β-unsaturated/α-hetero) is 1. The van der Waals surface area contributed by atoms with E-state index in [0.29, 0.717) is 5.01 Å². The molecule has 3 atom stereocenters. The third-order valence-electron chi connectivity index (χ3n) is 4.63. The van der Waals surface area contributed by atoms with Crippen molar-refractivity contribution < 1.29 is 4.79 Å². The van der Waals surface area contributed by atoms with Crippen LogP contribution in [0.15, 0.2) is 11.6 Å². The van der Waals surface area contributed by atoms with Crippen LogP contribution in [0.2, 0.25) is 0 Å². The van der Waals surface area contributed by atoms with Crippen LogP contribution >= 0.6 is 11.3 Å². The number of rotatable bonds is 5. The van der Waals surface area contributed by atoms with Crippen molar-refractivity contribution in [2.75, 3.05) is 0 Å². The van der Waals surface area contributed by atoms with E-state index in [1.165, 1.54) is 16.9 Å². The monoisotopic (exact) mass is 316 g/mol. The molecule has 0 saturated heterocycles. The Morgan fingerprint density at radius 2 is 2.14 bits per heavy atom. The first-order valence-corrected chi connectivity index (χ1v) is 8.60. The van der Waals surface area contributed by atoms with Gasteiger partial charge in [-0.1, -0.05) is 32.4 Å². The average Bonchev–Trinajstić information content (AvgIpc) is 2.77. The molecule has 1 heterocycles. The fourth-order valence-electron chi connectivity index (χ4n) is 3.21. The van der Waals surface area contributed by atoms with E-state index in [2.05, 4.69) is 44.8 Å². The molecule has 3 nitrogen and oxygen atoms in total. The van der Waals surface area contributed by atoms with E-state index >= 15 is 0 Å². The van der Waals surface area contributed by atoms with Gasteiger partial charge in [-0.25, -0.2) is 4.98 Å².